The van der Waals surface area contributed by atoms with E-state index in [0.29, 0.717) is 11.4 Å². The standard InChI is InChI=1S/C18H20N6O/c1-12-13(2)22-17-16(21-12)18(20-11-19-17)24-9-7-23(8-10-24)14-5-3-4-6-15(14)25/h3-6,11,25H,7-10H2,1-2H3. The number of hydrogen-bond donors (Lipinski definition) is 1. The molecule has 0 aliphatic carbocycles. The highest BCUT2D eigenvalue weighted by molar-refractivity contribution is 5.83. The third-order valence-electron chi connectivity index (χ3n) is 4.66. The second-order valence-corrected chi connectivity index (χ2v) is 6.23. The molecule has 3 aromatic rings. The molecule has 1 aromatic carbocycles. The summed E-state index contributed by atoms with van der Waals surface area (Å²) in [5.41, 5.74) is 4.05. The summed E-state index contributed by atoms with van der Waals surface area (Å²) in [5.74, 6) is 1.15. The van der Waals surface area contributed by atoms with Gasteiger partial charge < -0.3 is 14.9 Å². The zero-order valence-electron chi connectivity index (χ0n) is 14.3. The summed E-state index contributed by atoms with van der Waals surface area (Å²) in [7, 11) is 0. The van der Waals surface area contributed by atoms with E-state index in [9.17, 15) is 5.11 Å². The van der Waals surface area contributed by atoms with E-state index in [1.807, 2.05) is 32.0 Å². The number of rotatable bonds is 2. The van der Waals surface area contributed by atoms with E-state index < -0.39 is 0 Å². The van der Waals surface area contributed by atoms with Crippen molar-refractivity contribution in [1.29, 1.82) is 0 Å². The molecular weight excluding hydrogens is 316 g/mol. The summed E-state index contributed by atoms with van der Waals surface area (Å²) in [6.45, 7) is 7.11. The smallest absolute Gasteiger partial charge is 0.183 e. The lowest BCUT2D eigenvalue weighted by Gasteiger charge is -2.37. The van der Waals surface area contributed by atoms with Crippen LogP contribution < -0.4 is 9.80 Å². The number of piperazine rings is 1. The first-order valence-electron chi connectivity index (χ1n) is 8.37. The Morgan fingerprint density at radius 2 is 1.56 bits per heavy atom. The molecule has 0 radical (unpaired) electrons. The lowest BCUT2D eigenvalue weighted by molar-refractivity contribution is 0.472. The quantitative estimate of drug-likeness (QED) is 0.767. The van der Waals surface area contributed by atoms with Gasteiger partial charge in [0.1, 0.15) is 12.1 Å². The molecule has 3 heterocycles. The van der Waals surface area contributed by atoms with Crippen LogP contribution >= 0.6 is 0 Å². The van der Waals surface area contributed by atoms with E-state index in [1.54, 1.807) is 12.4 Å². The Morgan fingerprint density at radius 1 is 0.880 bits per heavy atom. The zero-order valence-corrected chi connectivity index (χ0v) is 14.3. The van der Waals surface area contributed by atoms with E-state index in [-0.39, 0.29) is 0 Å². The summed E-state index contributed by atoms with van der Waals surface area (Å²) in [4.78, 5) is 22.3. The lowest BCUT2D eigenvalue weighted by Crippen LogP contribution is -2.47. The van der Waals surface area contributed by atoms with E-state index in [1.165, 1.54) is 0 Å². The molecule has 7 nitrogen and oxygen atoms in total. The Balaban J connectivity index is 1.60. The predicted molar refractivity (Wildman–Crippen MR) is 97.1 cm³/mol. The number of phenolic OH excluding ortho intramolecular Hbond substituents is 1. The fourth-order valence-corrected chi connectivity index (χ4v) is 3.15. The first-order chi connectivity index (χ1) is 12.1. The lowest BCUT2D eigenvalue weighted by atomic mass is 10.2. The van der Waals surface area contributed by atoms with Crippen molar-refractivity contribution in [2.75, 3.05) is 36.0 Å². The van der Waals surface area contributed by atoms with Crippen LogP contribution in [-0.2, 0) is 0 Å². The molecule has 2 aromatic heterocycles. The number of fused-ring (bicyclic) bond motifs is 1. The van der Waals surface area contributed by atoms with Gasteiger partial charge in [-0.3, -0.25) is 0 Å². The van der Waals surface area contributed by atoms with Gasteiger partial charge in [-0.15, -0.1) is 0 Å². The number of benzene rings is 1. The zero-order chi connectivity index (χ0) is 17.4. The van der Waals surface area contributed by atoms with Crippen LogP contribution in [0.4, 0.5) is 11.5 Å². The SMILES string of the molecule is Cc1nc2ncnc(N3CCN(c4ccccc4O)CC3)c2nc1C. The highest BCUT2D eigenvalue weighted by Crippen LogP contribution is 2.29. The topological polar surface area (TPSA) is 78.3 Å². The number of nitrogens with zero attached hydrogens (tertiary/aromatic N) is 6. The van der Waals surface area contributed by atoms with Crippen LogP contribution in [0.2, 0.25) is 0 Å². The normalized spacial score (nSPS) is 15.0. The molecule has 7 heteroatoms. The maximum absolute atomic E-state index is 10.0. The molecule has 0 spiro atoms. The maximum Gasteiger partial charge on any atom is 0.183 e. The molecule has 25 heavy (non-hydrogen) atoms. The largest absolute Gasteiger partial charge is 0.506 e. The van der Waals surface area contributed by atoms with Gasteiger partial charge in [-0.05, 0) is 26.0 Å². The summed E-state index contributed by atoms with van der Waals surface area (Å²) in [5, 5.41) is 10.0. The van der Waals surface area contributed by atoms with Crippen LogP contribution in [0, 0.1) is 13.8 Å². The Kier molecular flexibility index (Phi) is 3.83. The molecular formula is C18H20N6O. The van der Waals surface area contributed by atoms with Gasteiger partial charge in [0, 0.05) is 26.2 Å². The van der Waals surface area contributed by atoms with Crippen LogP contribution in [0.1, 0.15) is 11.4 Å². The number of aromatic nitrogens is 4. The van der Waals surface area contributed by atoms with Gasteiger partial charge >= 0.3 is 0 Å². The number of aromatic hydroxyl groups is 1. The van der Waals surface area contributed by atoms with Crippen LogP contribution in [0.3, 0.4) is 0 Å². The highest BCUT2D eigenvalue weighted by Gasteiger charge is 2.22. The van der Waals surface area contributed by atoms with Crippen molar-refractivity contribution >= 4 is 22.7 Å². The van der Waals surface area contributed by atoms with Crippen molar-refractivity contribution in [3.05, 3.63) is 42.0 Å². The third-order valence-corrected chi connectivity index (χ3v) is 4.66. The average molecular weight is 336 g/mol. The van der Waals surface area contributed by atoms with Gasteiger partial charge in [0.15, 0.2) is 17.0 Å². The van der Waals surface area contributed by atoms with Crippen LogP contribution in [-0.4, -0.2) is 51.2 Å². The van der Waals surface area contributed by atoms with Gasteiger partial charge in [0.25, 0.3) is 0 Å². The van der Waals surface area contributed by atoms with Crippen molar-refractivity contribution in [2.24, 2.45) is 0 Å². The van der Waals surface area contributed by atoms with Crippen molar-refractivity contribution in [1.82, 2.24) is 19.9 Å². The molecule has 0 saturated carbocycles. The summed E-state index contributed by atoms with van der Waals surface area (Å²) < 4.78 is 0. The first-order valence-corrected chi connectivity index (χ1v) is 8.37. The highest BCUT2D eigenvalue weighted by atomic mass is 16.3. The Bertz CT molecular complexity index is 921. The molecule has 1 aliphatic rings. The van der Waals surface area contributed by atoms with Gasteiger partial charge in [-0.25, -0.2) is 19.9 Å². The number of aryl methyl sites for hydroxylation is 2. The predicted octanol–water partition coefficient (Wildman–Crippen LogP) is 2.07. The number of anilines is 2. The average Bonchev–Trinajstić information content (AvgIpc) is 2.63. The fourth-order valence-electron chi connectivity index (χ4n) is 3.15. The second kappa shape index (κ2) is 6.16. The van der Waals surface area contributed by atoms with Gasteiger partial charge in [0.05, 0.1) is 17.1 Å². The number of hydrogen-bond acceptors (Lipinski definition) is 7. The van der Waals surface area contributed by atoms with Crippen LogP contribution in [0.25, 0.3) is 11.2 Å². The molecule has 0 amide bonds. The van der Waals surface area contributed by atoms with Crippen LogP contribution in [0.15, 0.2) is 30.6 Å². The van der Waals surface area contributed by atoms with Gasteiger partial charge in [-0.1, -0.05) is 12.1 Å². The summed E-state index contributed by atoms with van der Waals surface area (Å²) >= 11 is 0. The molecule has 1 aliphatic heterocycles. The van der Waals surface area contributed by atoms with E-state index >= 15 is 0 Å². The molecule has 1 saturated heterocycles. The minimum atomic E-state index is 0.320. The van der Waals surface area contributed by atoms with Gasteiger partial charge in [0.2, 0.25) is 0 Å². The fraction of sp³-hybridized carbons (Fsp3) is 0.333. The van der Waals surface area contributed by atoms with Crippen LogP contribution in [0.5, 0.6) is 5.75 Å². The molecule has 0 atom stereocenters. The Hall–Kier alpha value is -2.96. The van der Waals surface area contributed by atoms with Crippen molar-refractivity contribution in [3.8, 4) is 5.75 Å². The maximum atomic E-state index is 10.0. The molecule has 0 unspecified atom stereocenters. The Morgan fingerprint density at radius 3 is 2.32 bits per heavy atom. The van der Waals surface area contributed by atoms with Crippen molar-refractivity contribution in [3.63, 3.8) is 0 Å². The molecule has 0 bridgehead atoms. The second-order valence-electron chi connectivity index (χ2n) is 6.23. The number of para-hydroxylation sites is 2. The van der Waals surface area contributed by atoms with Crippen molar-refractivity contribution < 1.29 is 5.11 Å². The summed E-state index contributed by atoms with van der Waals surface area (Å²) in [6.07, 6.45) is 1.55. The molecule has 1 N–H and O–H groups in total. The molecule has 128 valence electrons. The minimum absolute atomic E-state index is 0.320. The van der Waals surface area contributed by atoms with E-state index in [2.05, 4.69) is 29.7 Å². The summed E-state index contributed by atoms with van der Waals surface area (Å²) in [6, 6.07) is 7.45. The van der Waals surface area contributed by atoms with E-state index in [0.717, 1.165) is 54.6 Å². The molecule has 1 fully saturated rings. The van der Waals surface area contributed by atoms with Crippen molar-refractivity contribution in [2.45, 2.75) is 13.8 Å². The monoisotopic (exact) mass is 336 g/mol. The Labute approximate surface area is 146 Å². The molecule has 4 rings (SSSR count). The van der Waals surface area contributed by atoms with Gasteiger partial charge in [-0.2, -0.15) is 0 Å². The minimum Gasteiger partial charge on any atom is -0.506 e. The third kappa shape index (κ3) is 2.82. The van der Waals surface area contributed by atoms with E-state index in [4.69, 9.17) is 0 Å². The first kappa shape index (κ1) is 15.6. The number of phenols is 1.